The summed E-state index contributed by atoms with van der Waals surface area (Å²) >= 11 is 6.40. The zero-order valence-electron chi connectivity index (χ0n) is 19.4. The lowest BCUT2D eigenvalue weighted by Gasteiger charge is -2.18. The molecule has 0 radical (unpaired) electrons. The number of anilines is 1. The molecule has 37 heavy (non-hydrogen) atoms. The summed E-state index contributed by atoms with van der Waals surface area (Å²) in [5.41, 5.74) is 0.662. The molecule has 0 amide bonds. The van der Waals surface area contributed by atoms with E-state index in [4.69, 9.17) is 16.3 Å². The number of aromatic nitrogens is 4. The van der Waals surface area contributed by atoms with E-state index in [1.54, 1.807) is 0 Å². The fourth-order valence-corrected chi connectivity index (χ4v) is 4.49. The molecule has 4 aromatic rings. The van der Waals surface area contributed by atoms with E-state index in [-0.39, 0.29) is 59.2 Å². The maximum absolute atomic E-state index is 14.2. The van der Waals surface area contributed by atoms with Crippen molar-refractivity contribution in [2.45, 2.75) is 23.8 Å². The summed E-state index contributed by atoms with van der Waals surface area (Å²) in [7, 11) is -3.56. The van der Waals surface area contributed by atoms with Gasteiger partial charge in [-0.25, -0.2) is 17.2 Å². The Kier molecular flexibility index (Phi) is 7.87. The van der Waals surface area contributed by atoms with Crippen molar-refractivity contribution in [3.63, 3.8) is 0 Å². The normalized spacial score (nSPS) is 11.9. The highest BCUT2D eigenvalue weighted by atomic mass is 35.5. The fraction of sp³-hybridized carbons (Fsp3) is 0.261. The number of benzene rings is 2. The van der Waals surface area contributed by atoms with Crippen molar-refractivity contribution in [2.75, 3.05) is 24.8 Å². The van der Waals surface area contributed by atoms with Crippen molar-refractivity contribution in [2.24, 2.45) is 0 Å². The third kappa shape index (κ3) is 5.96. The molecule has 0 aliphatic rings. The minimum absolute atomic E-state index is 0.0234. The molecule has 10 nitrogen and oxygen atoms in total. The summed E-state index contributed by atoms with van der Waals surface area (Å²) in [4.78, 5) is 8.56. The Morgan fingerprint density at radius 3 is 2.49 bits per heavy atom. The number of aromatic amines is 1. The van der Waals surface area contributed by atoms with Crippen LogP contribution in [0.2, 0.25) is 5.02 Å². The Bertz CT molecular complexity index is 1540. The summed E-state index contributed by atoms with van der Waals surface area (Å²) in [6.07, 6.45) is 1.58. The molecule has 2 aromatic heterocycles. The number of ether oxygens (including phenoxy) is 1. The summed E-state index contributed by atoms with van der Waals surface area (Å²) in [6, 6.07) is 6.17. The van der Waals surface area contributed by atoms with Crippen LogP contribution in [-0.4, -0.2) is 64.3 Å². The van der Waals surface area contributed by atoms with Gasteiger partial charge in [0.2, 0.25) is 0 Å². The summed E-state index contributed by atoms with van der Waals surface area (Å²) < 4.78 is 57.2. The van der Waals surface area contributed by atoms with Crippen LogP contribution >= 0.6 is 11.6 Å². The van der Waals surface area contributed by atoms with Gasteiger partial charge in [0.25, 0.3) is 0 Å². The van der Waals surface area contributed by atoms with E-state index in [1.165, 1.54) is 18.2 Å². The molecule has 14 heteroatoms. The Balaban J connectivity index is 1.88. The average Bonchev–Trinajstić information content (AvgIpc) is 3.25. The molecule has 0 saturated carbocycles. The molecule has 196 valence electrons. The topological polar surface area (TPSA) is 150 Å². The van der Waals surface area contributed by atoms with Crippen LogP contribution in [0.3, 0.4) is 0 Å². The predicted molar refractivity (Wildman–Crippen MR) is 132 cm³/mol. The predicted octanol–water partition coefficient (Wildman–Crippen LogP) is 3.69. The van der Waals surface area contributed by atoms with Crippen LogP contribution in [0, 0.1) is 11.6 Å². The van der Waals surface area contributed by atoms with Gasteiger partial charge in [-0.15, -0.1) is 0 Å². The highest BCUT2D eigenvalue weighted by molar-refractivity contribution is 7.90. The molecule has 2 heterocycles. The second-order valence-electron chi connectivity index (χ2n) is 8.11. The molecule has 4 rings (SSSR count). The van der Waals surface area contributed by atoms with Crippen molar-refractivity contribution in [1.82, 2.24) is 20.2 Å². The highest BCUT2D eigenvalue weighted by Crippen LogP contribution is 2.37. The molecule has 0 aliphatic heterocycles. The van der Waals surface area contributed by atoms with Crippen LogP contribution in [0.15, 0.2) is 41.3 Å². The van der Waals surface area contributed by atoms with Gasteiger partial charge in [-0.2, -0.15) is 15.1 Å². The van der Waals surface area contributed by atoms with Crippen molar-refractivity contribution in [3.8, 4) is 23.0 Å². The third-order valence-electron chi connectivity index (χ3n) is 5.42. The second-order valence-corrected chi connectivity index (χ2v) is 10.5. The van der Waals surface area contributed by atoms with Crippen molar-refractivity contribution in [1.29, 1.82) is 0 Å². The van der Waals surface area contributed by atoms with Crippen molar-refractivity contribution >= 4 is 38.3 Å². The molecule has 0 atom stereocenters. The molecule has 0 aliphatic carbocycles. The zero-order valence-corrected chi connectivity index (χ0v) is 20.9. The molecule has 0 bridgehead atoms. The second kappa shape index (κ2) is 10.9. The van der Waals surface area contributed by atoms with Gasteiger partial charge in [-0.05, 0) is 43.2 Å². The van der Waals surface area contributed by atoms with Gasteiger partial charge in [0, 0.05) is 37.1 Å². The number of nitrogens with zero attached hydrogens (tertiary/aromatic N) is 3. The van der Waals surface area contributed by atoms with Gasteiger partial charge >= 0.3 is 6.01 Å². The van der Waals surface area contributed by atoms with E-state index in [0.717, 1.165) is 18.4 Å². The van der Waals surface area contributed by atoms with E-state index in [2.05, 4.69) is 25.5 Å². The molecular formula is C23H22ClF2N5O5S. The largest absolute Gasteiger partial charge is 0.421 e. The van der Waals surface area contributed by atoms with Gasteiger partial charge < -0.3 is 20.3 Å². The zero-order chi connectivity index (χ0) is 26.7. The van der Waals surface area contributed by atoms with E-state index in [9.17, 15) is 27.4 Å². The quantitative estimate of drug-likeness (QED) is 0.230. The lowest BCUT2D eigenvalue weighted by atomic mass is 10.1. The maximum atomic E-state index is 14.2. The highest BCUT2D eigenvalue weighted by Gasteiger charge is 2.23. The minimum atomic E-state index is -3.56. The lowest BCUT2D eigenvalue weighted by molar-refractivity contribution is 0.248. The maximum Gasteiger partial charge on any atom is 0.326 e. The first kappa shape index (κ1) is 26.7. The first-order chi connectivity index (χ1) is 17.6. The Morgan fingerprint density at radius 2 is 1.84 bits per heavy atom. The Hall–Kier alpha value is -3.39. The number of aliphatic hydroxyl groups is 2. The standard InChI is InChI=1S/C23H22ClF2N5O5S/c1-37(34,35)14-3-4-16(24)15(11-14)20-19-21(27-13(6-8-32)7-9-33)28-23(29-22(19)31-30-20)36-18-5-2-12(25)10-17(18)26/h2-5,10-11,13,32-33H,6-9H2,1H3,(H2,27,28,29,30,31). The minimum Gasteiger partial charge on any atom is -0.421 e. The Labute approximate surface area is 215 Å². The lowest BCUT2D eigenvalue weighted by Crippen LogP contribution is -2.23. The first-order valence-electron chi connectivity index (χ1n) is 11.0. The molecule has 0 spiro atoms. The van der Waals surface area contributed by atoms with E-state index < -0.39 is 27.5 Å². The molecule has 0 fully saturated rings. The number of rotatable bonds is 10. The van der Waals surface area contributed by atoms with Gasteiger partial charge in [0.1, 0.15) is 11.6 Å². The number of halogens is 3. The Morgan fingerprint density at radius 1 is 1.11 bits per heavy atom. The molecule has 0 saturated heterocycles. The number of H-pyrrole nitrogens is 1. The SMILES string of the molecule is CS(=O)(=O)c1ccc(Cl)c(-c2[nH]nc3nc(Oc4ccc(F)cc4F)nc(NC(CCO)CCO)c23)c1. The molecule has 4 N–H and O–H groups in total. The molecular weight excluding hydrogens is 532 g/mol. The number of sulfone groups is 1. The third-order valence-corrected chi connectivity index (χ3v) is 6.86. The first-order valence-corrected chi connectivity index (χ1v) is 13.2. The number of hydrogen-bond donors (Lipinski definition) is 4. The number of hydrogen-bond acceptors (Lipinski definition) is 9. The number of fused-ring (bicyclic) bond motifs is 1. The molecule has 0 unspecified atom stereocenters. The van der Waals surface area contributed by atoms with Crippen LogP contribution in [0.4, 0.5) is 14.6 Å². The van der Waals surface area contributed by atoms with Crippen molar-refractivity contribution < 1.29 is 32.1 Å². The summed E-state index contributed by atoms with van der Waals surface area (Å²) in [5.74, 6) is -1.94. The van der Waals surface area contributed by atoms with Crippen molar-refractivity contribution in [3.05, 3.63) is 53.1 Å². The van der Waals surface area contributed by atoms with E-state index in [0.29, 0.717) is 22.7 Å². The van der Waals surface area contributed by atoms with E-state index in [1.807, 2.05) is 0 Å². The smallest absolute Gasteiger partial charge is 0.326 e. The van der Waals surface area contributed by atoms with E-state index >= 15 is 0 Å². The molecule has 2 aromatic carbocycles. The van der Waals surface area contributed by atoms with Crippen LogP contribution in [-0.2, 0) is 9.84 Å². The van der Waals surface area contributed by atoms with Gasteiger partial charge in [0.05, 0.1) is 21.0 Å². The van der Waals surface area contributed by atoms with Crippen LogP contribution < -0.4 is 10.1 Å². The van der Waals surface area contributed by atoms with Crippen LogP contribution in [0.5, 0.6) is 11.8 Å². The number of aliphatic hydroxyl groups excluding tert-OH is 2. The van der Waals surface area contributed by atoms with Crippen LogP contribution in [0.1, 0.15) is 12.8 Å². The average molecular weight is 554 g/mol. The van der Waals surface area contributed by atoms with Gasteiger partial charge in [-0.1, -0.05) is 11.6 Å². The number of nitrogens with one attached hydrogen (secondary N) is 2. The fourth-order valence-electron chi connectivity index (χ4n) is 3.63. The van der Waals surface area contributed by atoms with Gasteiger partial charge in [0.15, 0.2) is 27.1 Å². The van der Waals surface area contributed by atoms with Crippen LogP contribution in [0.25, 0.3) is 22.3 Å². The monoisotopic (exact) mass is 553 g/mol. The van der Waals surface area contributed by atoms with Gasteiger partial charge in [-0.3, -0.25) is 5.10 Å². The summed E-state index contributed by atoms with van der Waals surface area (Å²) in [6.45, 7) is -0.368. The summed E-state index contributed by atoms with van der Waals surface area (Å²) in [5, 5.41) is 29.5.